The second kappa shape index (κ2) is 7.65. The van der Waals surface area contributed by atoms with Crippen molar-refractivity contribution in [1.29, 1.82) is 0 Å². The van der Waals surface area contributed by atoms with Crippen molar-refractivity contribution in [2.75, 3.05) is 19.6 Å². The zero-order chi connectivity index (χ0) is 17.8. The van der Waals surface area contributed by atoms with E-state index in [0.29, 0.717) is 12.8 Å². The Kier molecular flexibility index (Phi) is 6.40. The van der Waals surface area contributed by atoms with E-state index in [1.54, 1.807) is 0 Å². The van der Waals surface area contributed by atoms with Crippen molar-refractivity contribution in [2.24, 2.45) is 5.92 Å². The zero-order valence-corrected chi connectivity index (χ0v) is 13.1. The van der Waals surface area contributed by atoms with Gasteiger partial charge in [0.05, 0.1) is 0 Å². The van der Waals surface area contributed by atoms with E-state index < -0.39 is 36.4 Å². The lowest BCUT2D eigenvalue weighted by molar-refractivity contribution is -0.185. The highest BCUT2D eigenvalue weighted by Crippen LogP contribution is 2.28. The molecule has 9 heteroatoms. The van der Waals surface area contributed by atoms with Gasteiger partial charge in [-0.3, -0.25) is 14.4 Å². The molecular weight excluding hydrogens is 317 g/mol. The Morgan fingerprint density at radius 2 is 1.87 bits per heavy atom. The van der Waals surface area contributed by atoms with Crippen LogP contribution in [0.4, 0.5) is 13.2 Å². The molecule has 1 N–H and O–H groups in total. The van der Waals surface area contributed by atoms with E-state index in [1.165, 1.54) is 11.8 Å². The van der Waals surface area contributed by atoms with E-state index in [-0.39, 0.29) is 25.6 Å². The summed E-state index contributed by atoms with van der Waals surface area (Å²) in [5.74, 6) is -4.60. The van der Waals surface area contributed by atoms with Gasteiger partial charge < -0.3 is 14.9 Å². The van der Waals surface area contributed by atoms with Crippen LogP contribution in [0.2, 0.25) is 0 Å². The van der Waals surface area contributed by atoms with Crippen LogP contribution < -0.4 is 0 Å². The number of aliphatic carboxylic acids is 1. The van der Waals surface area contributed by atoms with Crippen LogP contribution in [0.3, 0.4) is 0 Å². The van der Waals surface area contributed by atoms with E-state index in [2.05, 4.69) is 0 Å². The molecule has 132 valence electrons. The molecule has 2 atom stereocenters. The standard InChI is InChI=1S/C14H21F3N2O4/c1-9(14(15,16)17)13(23)18-6-3-4-11(5-7-18)19(10(2)20)8-12(21)22/h9,11H,3-8H2,1-2H3,(H,21,22). The average Bonchev–Trinajstić information content (AvgIpc) is 2.67. The van der Waals surface area contributed by atoms with Crippen LogP contribution in [0.25, 0.3) is 0 Å². The molecule has 0 aromatic heterocycles. The summed E-state index contributed by atoms with van der Waals surface area (Å²) in [5.41, 5.74) is 0. The highest BCUT2D eigenvalue weighted by Gasteiger charge is 2.43. The van der Waals surface area contributed by atoms with Crippen LogP contribution in [-0.4, -0.2) is 64.5 Å². The molecule has 1 aliphatic heterocycles. The second-order valence-corrected chi connectivity index (χ2v) is 5.71. The van der Waals surface area contributed by atoms with Crippen molar-refractivity contribution in [1.82, 2.24) is 9.80 Å². The van der Waals surface area contributed by atoms with Crippen molar-refractivity contribution in [2.45, 2.75) is 45.3 Å². The first-order valence-corrected chi connectivity index (χ1v) is 7.38. The third-order valence-electron chi connectivity index (χ3n) is 4.02. The first kappa shape index (κ1) is 19.2. The van der Waals surface area contributed by atoms with Gasteiger partial charge in [0.1, 0.15) is 12.5 Å². The Balaban J connectivity index is 2.74. The number of alkyl halides is 3. The molecule has 1 rings (SSSR count). The molecule has 0 aromatic carbocycles. The van der Waals surface area contributed by atoms with Gasteiger partial charge in [-0.2, -0.15) is 13.2 Å². The van der Waals surface area contributed by atoms with Crippen molar-refractivity contribution in [3.05, 3.63) is 0 Å². The number of likely N-dealkylation sites (tertiary alicyclic amines) is 1. The van der Waals surface area contributed by atoms with Gasteiger partial charge in [0.25, 0.3) is 0 Å². The second-order valence-electron chi connectivity index (χ2n) is 5.71. The Labute approximate surface area is 132 Å². The minimum absolute atomic E-state index is 0.0767. The predicted octanol–water partition coefficient (Wildman–Crippen LogP) is 1.50. The summed E-state index contributed by atoms with van der Waals surface area (Å²) in [6, 6.07) is -0.386. The Bertz CT molecular complexity index is 467. The minimum Gasteiger partial charge on any atom is -0.480 e. The SMILES string of the molecule is CC(=O)N(CC(=O)O)C1CCCN(C(=O)C(C)C(F)(F)F)CC1. The van der Waals surface area contributed by atoms with Crippen LogP contribution >= 0.6 is 0 Å². The molecule has 23 heavy (non-hydrogen) atoms. The fourth-order valence-electron chi connectivity index (χ4n) is 2.67. The number of carbonyl (C=O) groups excluding carboxylic acids is 2. The van der Waals surface area contributed by atoms with Gasteiger partial charge in [0, 0.05) is 26.1 Å². The van der Waals surface area contributed by atoms with Crippen LogP contribution in [0, 0.1) is 5.92 Å². The van der Waals surface area contributed by atoms with Gasteiger partial charge in [-0.05, 0) is 26.2 Å². The first-order chi connectivity index (χ1) is 10.5. The summed E-state index contributed by atoms with van der Waals surface area (Å²) >= 11 is 0. The van der Waals surface area contributed by atoms with Crippen molar-refractivity contribution in [3.8, 4) is 0 Å². The lowest BCUT2D eigenvalue weighted by Gasteiger charge is -2.29. The van der Waals surface area contributed by atoms with E-state index in [0.717, 1.165) is 11.8 Å². The maximum Gasteiger partial charge on any atom is 0.400 e. The fraction of sp³-hybridized carbons (Fsp3) is 0.786. The van der Waals surface area contributed by atoms with Crippen LogP contribution in [0.1, 0.15) is 33.1 Å². The monoisotopic (exact) mass is 338 g/mol. The van der Waals surface area contributed by atoms with Crippen LogP contribution in [0.15, 0.2) is 0 Å². The molecule has 1 saturated heterocycles. The maximum atomic E-state index is 12.6. The average molecular weight is 338 g/mol. The van der Waals surface area contributed by atoms with Crippen LogP contribution in [0.5, 0.6) is 0 Å². The summed E-state index contributed by atoms with van der Waals surface area (Å²) in [7, 11) is 0. The highest BCUT2D eigenvalue weighted by molar-refractivity contribution is 5.80. The molecule has 6 nitrogen and oxygen atoms in total. The molecule has 0 aliphatic carbocycles. The van der Waals surface area contributed by atoms with E-state index >= 15 is 0 Å². The summed E-state index contributed by atoms with van der Waals surface area (Å²) < 4.78 is 37.9. The highest BCUT2D eigenvalue weighted by atomic mass is 19.4. The van der Waals surface area contributed by atoms with Gasteiger partial charge in [0.15, 0.2) is 0 Å². The van der Waals surface area contributed by atoms with E-state index in [1.807, 2.05) is 0 Å². The number of hydrogen-bond donors (Lipinski definition) is 1. The van der Waals surface area contributed by atoms with Crippen molar-refractivity contribution >= 4 is 17.8 Å². The topological polar surface area (TPSA) is 77.9 Å². The van der Waals surface area contributed by atoms with Crippen molar-refractivity contribution in [3.63, 3.8) is 0 Å². The molecule has 2 amide bonds. The molecule has 0 saturated carbocycles. The van der Waals surface area contributed by atoms with E-state index in [4.69, 9.17) is 5.11 Å². The number of rotatable bonds is 4. The molecule has 1 aliphatic rings. The summed E-state index contributed by atoms with van der Waals surface area (Å²) in [4.78, 5) is 36.7. The number of carboxylic acid groups (broad SMARTS) is 1. The van der Waals surface area contributed by atoms with Gasteiger partial charge in [-0.15, -0.1) is 0 Å². The number of carboxylic acids is 1. The maximum absolute atomic E-state index is 12.6. The molecule has 0 bridgehead atoms. The fourth-order valence-corrected chi connectivity index (χ4v) is 2.67. The predicted molar refractivity (Wildman–Crippen MR) is 74.5 cm³/mol. The lowest BCUT2D eigenvalue weighted by Crippen LogP contribution is -2.44. The quantitative estimate of drug-likeness (QED) is 0.843. The van der Waals surface area contributed by atoms with Crippen molar-refractivity contribution < 1.29 is 32.7 Å². The number of hydrogen-bond acceptors (Lipinski definition) is 3. The summed E-state index contributed by atoms with van der Waals surface area (Å²) in [6.45, 7) is 1.88. The number of carbonyl (C=O) groups is 3. The minimum atomic E-state index is -4.59. The van der Waals surface area contributed by atoms with Gasteiger partial charge >= 0.3 is 12.1 Å². The van der Waals surface area contributed by atoms with Gasteiger partial charge in [-0.25, -0.2) is 0 Å². The Hall–Kier alpha value is -1.80. The molecule has 1 heterocycles. The van der Waals surface area contributed by atoms with Gasteiger partial charge in [0.2, 0.25) is 11.8 Å². The smallest absolute Gasteiger partial charge is 0.400 e. The van der Waals surface area contributed by atoms with Crippen LogP contribution in [-0.2, 0) is 14.4 Å². The largest absolute Gasteiger partial charge is 0.480 e. The van der Waals surface area contributed by atoms with E-state index in [9.17, 15) is 27.6 Å². The number of nitrogens with zero attached hydrogens (tertiary/aromatic N) is 2. The third-order valence-corrected chi connectivity index (χ3v) is 4.02. The Morgan fingerprint density at radius 3 is 2.35 bits per heavy atom. The molecule has 0 radical (unpaired) electrons. The zero-order valence-electron chi connectivity index (χ0n) is 13.1. The summed E-state index contributed by atoms with van der Waals surface area (Å²) in [5, 5.41) is 8.85. The lowest BCUT2D eigenvalue weighted by atomic mass is 10.1. The number of halogens is 3. The molecular formula is C14H21F3N2O4. The molecule has 2 unspecified atom stereocenters. The molecule has 1 fully saturated rings. The molecule has 0 aromatic rings. The summed E-state index contributed by atoms with van der Waals surface area (Å²) in [6.07, 6.45) is -3.44. The Morgan fingerprint density at radius 1 is 1.26 bits per heavy atom. The molecule has 0 spiro atoms. The first-order valence-electron chi connectivity index (χ1n) is 7.38. The third kappa shape index (κ3) is 5.40. The number of amides is 2. The van der Waals surface area contributed by atoms with Gasteiger partial charge in [-0.1, -0.05) is 0 Å². The normalized spacial score (nSPS) is 20.6.